The molecule has 5 nitrogen and oxygen atoms in total. The summed E-state index contributed by atoms with van der Waals surface area (Å²) in [7, 11) is 0. The second-order valence-electron chi connectivity index (χ2n) is 6.10. The van der Waals surface area contributed by atoms with E-state index < -0.39 is 0 Å². The van der Waals surface area contributed by atoms with Crippen molar-refractivity contribution in [1.82, 2.24) is 15.3 Å². The summed E-state index contributed by atoms with van der Waals surface area (Å²) in [6.07, 6.45) is 2.91. The van der Waals surface area contributed by atoms with Crippen LogP contribution in [0, 0.1) is 6.92 Å². The number of carbonyl (C=O) groups excluding carboxylic acids is 1. The Hall–Kier alpha value is -2.73. The van der Waals surface area contributed by atoms with E-state index >= 15 is 0 Å². The Morgan fingerprint density at radius 1 is 1.19 bits per heavy atom. The summed E-state index contributed by atoms with van der Waals surface area (Å²) < 4.78 is 5.42. The number of aromatic nitrogens is 2. The Morgan fingerprint density at radius 2 is 2.00 bits per heavy atom. The molecular formula is C21H23N3O2S. The molecular weight excluding hydrogens is 358 g/mol. The molecule has 3 aromatic rings. The van der Waals surface area contributed by atoms with Crippen molar-refractivity contribution < 1.29 is 9.53 Å². The molecule has 0 fully saturated rings. The van der Waals surface area contributed by atoms with Gasteiger partial charge in [-0.2, -0.15) is 0 Å². The average molecular weight is 382 g/mol. The van der Waals surface area contributed by atoms with Crippen molar-refractivity contribution in [2.45, 2.75) is 26.7 Å². The second-order valence-corrected chi connectivity index (χ2v) is 7.18. The smallest absolute Gasteiger partial charge is 0.224 e. The molecule has 0 radical (unpaired) electrons. The summed E-state index contributed by atoms with van der Waals surface area (Å²) in [4.78, 5) is 22.3. The van der Waals surface area contributed by atoms with E-state index in [0.29, 0.717) is 19.6 Å². The lowest BCUT2D eigenvalue weighted by atomic mass is 10.1. The van der Waals surface area contributed by atoms with Gasteiger partial charge in [-0.05, 0) is 43.7 Å². The third-order valence-corrected chi connectivity index (χ3v) is 5.29. The highest BCUT2D eigenvalue weighted by Gasteiger charge is 2.11. The van der Waals surface area contributed by atoms with Crippen molar-refractivity contribution in [3.8, 4) is 16.5 Å². The Bertz CT molecular complexity index is 876. The van der Waals surface area contributed by atoms with E-state index in [0.717, 1.165) is 34.1 Å². The molecule has 3 rings (SSSR count). The molecule has 0 spiro atoms. The van der Waals surface area contributed by atoms with E-state index in [-0.39, 0.29) is 5.91 Å². The summed E-state index contributed by atoms with van der Waals surface area (Å²) in [5.41, 5.74) is 2.86. The van der Waals surface area contributed by atoms with Gasteiger partial charge in [0.25, 0.3) is 0 Å². The fourth-order valence-corrected chi connectivity index (χ4v) is 3.73. The molecule has 2 aromatic heterocycles. The molecule has 0 atom stereocenters. The van der Waals surface area contributed by atoms with Crippen LogP contribution < -0.4 is 10.1 Å². The fraction of sp³-hybridized carbons (Fsp3) is 0.286. The highest BCUT2D eigenvalue weighted by atomic mass is 32.1. The van der Waals surface area contributed by atoms with Gasteiger partial charge in [-0.3, -0.25) is 9.78 Å². The zero-order valence-corrected chi connectivity index (χ0v) is 16.4. The van der Waals surface area contributed by atoms with Crippen LogP contribution in [-0.4, -0.2) is 29.0 Å². The number of hydrogen-bond donors (Lipinski definition) is 1. The van der Waals surface area contributed by atoms with Crippen LogP contribution >= 0.6 is 11.3 Å². The number of benzene rings is 1. The number of aryl methyl sites for hydroxylation is 1. The van der Waals surface area contributed by atoms with Gasteiger partial charge in [0, 0.05) is 24.0 Å². The summed E-state index contributed by atoms with van der Waals surface area (Å²) in [6, 6.07) is 13.5. The van der Waals surface area contributed by atoms with Crippen molar-refractivity contribution in [2.75, 3.05) is 13.2 Å². The normalized spacial score (nSPS) is 10.6. The van der Waals surface area contributed by atoms with Crippen molar-refractivity contribution >= 4 is 17.2 Å². The average Bonchev–Trinajstić information content (AvgIpc) is 3.05. The van der Waals surface area contributed by atoms with E-state index in [1.54, 1.807) is 17.5 Å². The number of nitrogens with one attached hydrogen (secondary N) is 1. The van der Waals surface area contributed by atoms with E-state index in [9.17, 15) is 4.79 Å². The van der Waals surface area contributed by atoms with Crippen molar-refractivity contribution in [1.29, 1.82) is 0 Å². The predicted molar refractivity (Wildman–Crippen MR) is 108 cm³/mol. The number of pyridine rings is 1. The van der Waals surface area contributed by atoms with Crippen LogP contribution in [0.2, 0.25) is 0 Å². The maximum Gasteiger partial charge on any atom is 0.224 e. The lowest BCUT2D eigenvalue weighted by Gasteiger charge is -2.06. The monoisotopic (exact) mass is 381 g/mol. The second kappa shape index (κ2) is 9.28. The molecule has 2 heterocycles. The largest absolute Gasteiger partial charge is 0.494 e. The molecule has 0 aliphatic rings. The molecule has 0 aliphatic heterocycles. The fourth-order valence-electron chi connectivity index (χ4n) is 2.69. The van der Waals surface area contributed by atoms with Gasteiger partial charge >= 0.3 is 0 Å². The topological polar surface area (TPSA) is 64.1 Å². The first-order chi connectivity index (χ1) is 13.2. The summed E-state index contributed by atoms with van der Waals surface area (Å²) in [6.45, 7) is 5.19. The van der Waals surface area contributed by atoms with Crippen LogP contribution in [0.15, 0.2) is 48.7 Å². The SMILES string of the molecule is CCOc1ccc(CC(=O)NCCc2sc(-c3ccccn3)nc2C)cc1. The highest BCUT2D eigenvalue weighted by molar-refractivity contribution is 7.15. The first kappa shape index (κ1) is 19.0. The first-order valence-electron chi connectivity index (χ1n) is 9.02. The van der Waals surface area contributed by atoms with Crippen LogP contribution in [-0.2, 0) is 17.6 Å². The minimum absolute atomic E-state index is 0.0197. The Balaban J connectivity index is 1.49. The lowest BCUT2D eigenvalue weighted by molar-refractivity contribution is -0.120. The van der Waals surface area contributed by atoms with Crippen molar-refractivity contribution in [3.63, 3.8) is 0 Å². The summed E-state index contributed by atoms with van der Waals surface area (Å²) in [5, 5.41) is 3.91. The van der Waals surface area contributed by atoms with Crippen LogP contribution in [0.3, 0.4) is 0 Å². The van der Waals surface area contributed by atoms with Crippen LogP contribution in [0.1, 0.15) is 23.1 Å². The van der Waals surface area contributed by atoms with Crippen LogP contribution in [0.4, 0.5) is 0 Å². The van der Waals surface area contributed by atoms with E-state index in [4.69, 9.17) is 4.74 Å². The molecule has 1 aromatic carbocycles. The number of thiazole rings is 1. The quantitative estimate of drug-likeness (QED) is 0.644. The molecule has 0 bridgehead atoms. The molecule has 140 valence electrons. The molecule has 0 unspecified atom stereocenters. The molecule has 0 saturated heterocycles. The zero-order valence-electron chi connectivity index (χ0n) is 15.6. The van der Waals surface area contributed by atoms with Gasteiger partial charge in [-0.1, -0.05) is 18.2 Å². The molecule has 0 aliphatic carbocycles. The summed E-state index contributed by atoms with van der Waals surface area (Å²) >= 11 is 1.64. The number of hydrogen-bond acceptors (Lipinski definition) is 5. The predicted octanol–water partition coefficient (Wildman–Crippen LogP) is 3.81. The number of nitrogens with zero attached hydrogens (tertiary/aromatic N) is 2. The van der Waals surface area contributed by atoms with E-state index in [1.165, 1.54) is 4.88 Å². The maximum atomic E-state index is 12.2. The van der Waals surface area contributed by atoms with Gasteiger partial charge in [0.15, 0.2) is 0 Å². The zero-order chi connectivity index (χ0) is 19.1. The summed E-state index contributed by atoms with van der Waals surface area (Å²) in [5.74, 6) is 0.845. The third-order valence-electron chi connectivity index (χ3n) is 4.05. The number of ether oxygens (including phenoxy) is 1. The Labute approximate surface area is 163 Å². The lowest BCUT2D eigenvalue weighted by Crippen LogP contribution is -2.27. The van der Waals surface area contributed by atoms with Gasteiger partial charge in [0.2, 0.25) is 5.91 Å². The van der Waals surface area contributed by atoms with Gasteiger partial charge in [0.1, 0.15) is 10.8 Å². The third kappa shape index (κ3) is 5.37. The maximum absolute atomic E-state index is 12.2. The van der Waals surface area contributed by atoms with Gasteiger partial charge in [0.05, 0.1) is 24.4 Å². The molecule has 0 saturated carbocycles. The van der Waals surface area contributed by atoms with Crippen LogP contribution in [0.5, 0.6) is 5.75 Å². The van der Waals surface area contributed by atoms with Gasteiger partial charge < -0.3 is 10.1 Å². The van der Waals surface area contributed by atoms with Gasteiger partial charge in [-0.25, -0.2) is 4.98 Å². The highest BCUT2D eigenvalue weighted by Crippen LogP contribution is 2.26. The standard InChI is InChI=1S/C21H23N3O2S/c1-3-26-17-9-7-16(8-10-17)14-20(25)23-13-11-19-15(2)24-21(27-19)18-6-4-5-12-22-18/h4-10,12H,3,11,13-14H2,1-2H3,(H,23,25). The Kier molecular flexibility index (Phi) is 6.54. The first-order valence-corrected chi connectivity index (χ1v) is 9.83. The van der Waals surface area contributed by atoms with Crippen molar-refractivity contribution in [3.05, 3.63) is 64.8 Å². The number of carbonyl (C=O) groups is 1. The molecule has 1 N–H and O–H groups in total. The van der Waals surface area contributed by atoms with Gasteiger partial charge in [-0.15, -0.1) is 11.3 Å². The Morgan fingerprint density at radius 3 is 2.70 bits per heavy atom. The van der Waals surface area contributed by atoms with E-state index in [1.807, 2.05) is 56.3 Å². The number of rotatable bonds is 8. The van der Waals surface area contributed by atoms with E-state index in [2.05, 4.69) is 15.3 Å². The van der Waals surface area contributed by atoms with Crippen molar-refractivity contribution in [2.24, 2.45) is 0 Å². The minimum atomic E-state index is 0.0197. The molecule has 27 heavy (non-hydrogen) atoms. The molecule has 1 amide bonds. The van der Waals surface area contributed by atoms with Crippen LogP contribution in [0.25, 0.3) is 10.7 Å². The number of amides is 1. The minimum Gasteiger partial charge on any atom is -0.494 e. The molecule has 6 heteroatoms.